The second-order valence-electron chi connectivity index (χ2n) is 6.80. The van der Waals surface area contributed by atoms with Gasteiger partial charge in [-0.2, -0.15) is 4.31 Å². The van der Waals surface area contributed by atoms with Crippen molar-refractivity contribution >= 4 is 44.8 Å². The summed E-state index contributed by atoms with van der Waals surface area (Å²) in [7, 11) is -0.892. The zero-order chi connectivity index (χ0) is 21.9. The van der Waals surface area contributed by atoms with Crippen LogP contribution in [-0.4, -0.2) is 45.9 Å². The zero-order valence-electron chi connectivity index (χ0n) is 16.5. The molecule has 10 heteroatoms. The first-order valence-electron chi connectivity index (χ1n) is 9.25. The fraction of sp³-hybridized carbons (Fsp3) is 0.350. The van der Waals surface area contributed by atoms with Crippen LogP contribution < -0.4 is 14.8 Å². The number of hydrogen-bond donors (Lipinski definition) is 1. The quantitative estimate of drug-likeness (QED) is 0.685. The van der Waals surface area contributed by atoms with Crippen molar-refractivity contribution in [2.24, 2.45) is 5.92 Å². The topological polar surface area (TPSA) is 84.9 Å². The van der Waals surface area contributed by atoms with E-state index in [1.807, 2.05) is 0 Å². The van der Waals surface area contributed by atoms with Crippen molar-refractivity contribution in [3.05, 3.63) is 46.4 Å². The Labute approximate surface area is 185 Å². The van der Waals surface area contributed by atoms with Gasteiger partial charge in [-0.05, 0) is 37.1 Å². The molecule has 0 spiro atoms. The molecule has 162 valence electrons. The Bertz CT molecular complexity index is 1030. The average Bonchev–Trinajstić information content (AvgIpc) is 2.75. The number of sulfonamides is 1. The summed E-state index contributed by atoms with van der Waals surface area (Å²) in [4.78, 5) is 12.9. The number of nitrogens with one attached hydrogen (secondary N) is 1. The summed E-state index contributed by atoms with van der Waals surface area (Å²) < 4.78 is 38.0. The number of carbonyl (C=O) groups is 1. The molecule has 1 fully saturated rings. The number of hydrogen-bond acceptors (Lipinski definition) is 5. The van der Waals surface area contributed by atoms with E-state index in [9.17, 15) is 13.2 Å². The third-order valence-corrected chi connectivity index (χ3v) is 7.45. The lowest BCUT2D eigenvalue weighted by atomic mass is 9.98. The number of anilines is 1. The van der Waals surface area contributed by atoms with E-state index in [-0.39, 0.29) is 17.3 Å². The van der Waals surface area contributed by atoms with Crippen LogP contribution in [0, 0.1) is 5.92 Å². The lowest BCUT2D eigenvalue weighted by molar-refractivity contribution is -0.120. The smallest absolute Gasteiger partial charge is 0.243 e. The number of para-hydroxylation sites is 1. The minimum absolute atomic E-state index is 0.0601. The van der Waals surface area contributed by atoms with Crippen molar-refractivity contribution in [2.45, 2.75) is 17.7 Å². The van der Waals surface area contributed by atoms with E-state index in [2.05, 4.69) is 5.32 Å². The standard InChI is InChI=1S/C20H22Cl2N2O5S/c1-28-17-9-8-14(11-18(17)29-2)30(26,27)24-10-4-5-13(12-24)20(25)23-19-15(21)6-3-7-16(19)22/h3,6-9,11,13H,4-5,10,12H2,1-2H3,(H,23,25)/t13-/m0/s1. The lowest BCUT2D eigenvalue weighted by Crippen LogP contribution is -2.43. The number of halogens is 2. The maximum absolute atomic E-state index is 13.1. The third kappa shape index (κ3) is 4.67. The molecule has 0 saturated carbocycles. The fourth-order valence-electron chi connectivity index (χ4n) is 3.34. The molecule has 1 aliphatic heterocycles. The van der Waals surface area contributed by atoms with E-state index in [1.54, 1.807) is 24.3 Å². The van der Waals surface area contributed by atoms with E-state index >= 15 is 0 Å². The van der Waals surface area contributed by atoms with Crippen LogP contribution in [0.4, 0.5) is 5.69 Å². The average molecular weight is 473 g/mol. The number of amides is 1. The van der Waals surface area contributed by atoms with Crippen LogP contribution in [-0.2, 0) is 14.8 Å². The number of nitrogens with zero attached hydrogens (tertiary/aromatic N) is 1. The number of benzene rings is 2. The molecule has 0 aliphatic carbocycles. The van der Waals surface area contributed by atoms with Crippen LogP contribution in [0.15, 0.2) is 41.3 Å². The highest BCUT2D eigenvalue weighted by atomic mass is 35.5. The Hall–Kier alpha value is -2.00. The molecule has 1 aliphatic rings. The van der Waals surface area contributed by atoms with Crippen molar-refractivity contribution in [3.8, 4) is 11.5 Å². The van der Waals surface area contributed by atoms with Gasteiger partial charge in [0.2, 0.25) is 15.9 Å². The molecule has 1 N–H and O–H groups in total. The predicted molar refractivity (Wildman–Crippen MR) is 116 cm³/mol. The zero-order valence-corrected chi connectivity index (χ0v) is 18.9. The van der Waals surface area contributed by atoms with Gasteiger partial charge in [0.25, 0.3) is 0 Å². The van der Waals surface area contributed by atoms with E-state index in [1.165, 1.54) is 30.7 Å². The minimum atomic E-state index is -3.81. The van der Waals surface area contributed by atoms with Crippen molar-refractivity contribution in [3.63, 3.8) is 0 Å². The molecule has 3 rings (SSSR count). The summed E-state index contributed by atoms with van der Waals surface area (Å²) >= 11 is 12.2. The molecule has 1 saturated heterocycles. The van der Waals surface area contributed by atoms with Crippen LogP contribution in [0.3, 0.4) is 0 Å². The second-order valence-corrected chi connectivity index (χ2v) is 9.56. The van der Waals surface area contributed by atoms with Crippen molar-refractivity contribution in [1.82, 2.24) is 4.31 Å². The van der Waals surface area contributed by atoms with Gasteiger partial charge in [-0.3, -0.25) is 4.79 Å². The number of methoxy groups -OCH3 is 2. The molecule has 2 aromatic carbocycles. The summed E-state index contributed by atoms with van der Waals surface area (Å²) in [6.45, 7) is 0.387. The summed E-state index contributed by atoms with van der Waals surface area (Å²) in [6, 6.07) is 9.35. The fourth-order valence-corrected chi connectivity index (χ4v) is 5.38. The number of ether oxygens (including phenoxy) is 2. The highest BCUT2D eigenvalue weighted by Gasteiger charge is 2.34. The molecule has 7 nitrogen and oxygen atoms in total. The number of carbonyl (C=O) groups excluding carboxylic acids is 1. The van der Waals surface area contributed by atoms with Gasteiger partial charge in [0.15, 0.2) is 11.5 Å². The van der Waals surface area contributed by atoms with Gasteiger partial charge >= 0.3 is 0 Å². The molecule has 0 aromatic heterocycles. The number of rotatable bonds is 6. The van der Waals surface area contributed by atoms with Gasteiger partial charge in [0.1, 0.15) is 0 Å². The van der Waals surface area contributed by atoms with Crippen molar-refractivity contribution < 1.29 is 22.7 Å². The Morgan fingerprint density at radius 2 is 1.77 bits per heavy atom. The monoisotopic (exact) mass is 472 g/mol. The summed E-state index contributed by atoms with van der Waals surface area (Å²) in [6.07, 6.45) is 1.12. The van der Waals surface area contributed by atoms with Crippen LogP contribution >= 0.6 is 23.2 Å². The first kappa shape index (κ1) is 22.7. The Morgan fingerprint density at radius 3 is 2.40 bits per heavy atom. The van der Waals surface area contributed by atoms with Crippen molar-refractivity contribution in [2.75, 3.05) is 32.6 Å². The molecule has 0 unspecified atom stereocenters. The van der Waals surface area contributed by atoms with E-state index in [0.29, 0.717) is 46.6 Å². The molecular weight excluding hydrogens is 451 g/mol. The molecular formula is C20H22Cl2N2O5S. The molecule has 0 bridgehead atoms. The maximum atomic E-state index is 13.1. The highest BCUT2D eigenvalue weighted by Crippen LogP contribution is 2.33. The normalized spacial score (nSPS) is 17.4. The van der Waals surface area contributed by atoms with Gasteiger partial charge in [-0.25, -0.2) is 8.42 Å². The molecule has 1 atom stereocenters. The van der Waals surface area contributed by atoms with Gasteiger partial charge in [0.05, 0.1) is 40.8 Å². The van der Waals surface area contributed by atoms with Gasteiger partial charge in [0, 0.05) is 19.2 Å². The van der Waals surface area contributed by atoms with E-state index < -0.39 is 15.9 Å². The predicted octanol–water partition coefficient (Wildman–Crippen LogP) is 4.05. The van der Waals surface area contributed by atoms with E-state index in [0.717, 1.165) is 0 Å². The summed E-state index contributed by atoms with van der Waals surface area (Å²) in [5.41, 5.74) is 0.325. The second kappa shape index (κ2) is 9.43. The Kier molecular flexibility index (Phi) is 7.13. The number of piperidine rings is 1. The first-order valence-corrected chi connectivity index (χ1v) is 11.4. The summed E-state index contributed by atoms with van der Waals surface area (Å²) in [5, 5.41) is 3.37. The molecule has 1 amide bonds. The Morgan fingerprint density at radius 1 is 1.10 bits per heavy atom. The van der Waals surface area contributed by atoms with Crippen LogP contribution in [0.25, 0.3) is 0 Å². The lowest BCUT2D eigenvalue weighted by Gasteiger charge is -2.31. The highest BCUT2D eigenvalue weighted by molar-refractivity contribution is 7.89. The van der Waals surface area contributed by atoms with Crippen LogP contribution in [0.2, 0.25) is 10.0 Å². The van der Waals surface area contributed by atoms with Gasteiger partial charge < -0.3 is 14.8 Å². The first-order chi connectivity index (χ1) is 14.3. The minimum Gasteiger partial charge on any atom is -0.493 e. The summed E-state index contributed by atoms with van der Waals surface area (Å²) in [5.74, 6) is -0.0968. The van der Waals surface area contributed by atoms with Gasteiger partial charge in [-0.15, -0.1) is 0 Å². The van der Waals surface area contributed by atoms with Gasteiger partial charge in [-0.1, -0.05) is 29.3 Å². The van der Waals surface area contributed by atoms with Crippen LogP contribution in [0.5, 0.6) is 11.5 Å². The molecule has 1 heterocycles. The molecule has 30 heavy (non-hydrogen) atoms. The Balaban J connectivity index is 1.79. The molecule has 0 radical (unpaired) electrons. The van der Waals surface area contributed by atoms with E-state index in [4.69, 9.17) is 32.7 Å². The largest absolute Gasteiger partial charge is 0.493 e. The third-order valence-electron chi connectivity index (χ3n) is 4.96. The molecule has 2 aromatic rings. The maximum Gasteiger partial charge on any atom is 0.243 e. The van der Waals surface area contributed by atoms with Crippen LogP contribution in [0.1, 0.15) is 12.8 Å². The van der Waals surface area contributed by atoms with Crippen molar-refractivity contribution in [1.29, 1.82) is 0 Å². The SMILES string of the molecule is COc1ccc(S(=O)(=O)N2CCC[C@H](C(=O)Nc3c(Cl)cccc3Cl)C2)cc1OC.